The molecule has 1 aliphatic heterocycles. The molecule has 33 heavy (non-hydrogen) atoms. The van der Waals surface area contributed by atoms with Gasteiger partial charge in [0.1, 0.15) is 12.4 Å². The van der Waals surface area contributed by atoms with Crippen LogP contribution in [0.15, 0.2) is 100 Å². The van der Waals surface area contributed by atoms with Gasteiger partial charge in [-0.3, -0.25) is 9.69 Å². The van der Waals surface area contributed by atoms with E-state index < -0.39 is 0 Å². The summed E-state index contributed by atoms with van der Waals surface area (Å²) in [4.78, 5) is 15.3. The first-order chi connectivity index (χ1) is 16.1. The number of fused-ring (bicyclic) bond motifs is 1. The number of halogens is 1. The number of ether oxygens (including phenoxy) is 1. The lowest BCUT2D eigenvalue weighted by Crippen LogP contribution is -2.27. The summed E-state index contributed by atoms with van der Waals surface area (Å²) in [5.41, 5.74) is 2.68. The standard InChI is InChI=1S/C27H18BrNO2S2/c28-22-11-13-23(14-12-22)29-26(30)25(33-27(29)32)16-21-7-3-4-8-24(21)31-17-18-9-10-19-5-1-2-6-20(19)15-18/h1-16H,17H2/b25-16-. The van der Waals surface area contributed by atoms with Gasteiger partial charge in [0.15, 0.2) is 4.32 Å². The molecule has 0 atom stereocenters. The van der Waals surface area contributed by atoms with Crippen molar-refractivity contribution in [1.82, 2.24) is 0 Å². The van der Waals surface area contributed by atoms with E-state index in [0.29, 0.717) is 15.8 Å². The molecule has 0 N–H and O–H groups in total. The van der Waals surface area contributed by atoms with Gasteiger partial charge in [0.05, 0.1) is 10.6 Å². The van der Waals surface area contributed by atoms with Crippen LogP contribution < -0.4 is 9.64 Å². The fourth-order valence-corrected chi connectivity index (χ4v) is 5.20. The SMILES string of the molecule is O=C1/C(=C/c2ccccc2OCc2ccc3ccccc3c2)SC(=S)N1c1ccc(Br)cc1. The Morgan fingerprint density at radius 2 is 1.64 bits per heavy atom. The van der Waals surface area contributed by atoms with E-state index in [9.17, 15) is 4.79 Å². The second-order valence-electron chi connectivity index (χ2n) is 7.50. The highest BCUT2D eigenvalue weighted by atomic mass is 79.9. The van der Waals surface area contributed by atoms with E-state index >= 15 is 0 Å². The maximum atomic E-state index is 13.1. The molecule has 0 aromatic heterocycles. The molecular formula is C27H18BrNO2S2. The second-order valence-corrected chi connectivity index (χ2v) is 10.1. The van der Waals surface area contributed by atoms with Crippen LogP contribution in [0.1, 0.15) is 11.1 Å². The van der Waals surface area contributed by atoms with Crippen LogP contribution in [-0.4, -0.2) is 10.2 Å². The molecule has 0 spiro atoms. The number of thiocarbonyl (C=S) groups is 1. The summed E-state index contributed by atoms with van der Waals surface area (Å²) in [5.74, 6) is 0.594. The molecule has 4 aromatic rings. The van der Waals surface area contributed by atoms with E-state index in [1.54, 1.807) is 4.90 Å². The van der Waals surface area contributed by atoms with Crippen LogP contribution in [-0.2, 0) is 11.4 Å². The van der Waals surface area contributed by atoms with Crippen LogP contribution in [0.5, 0.6) is 5.75 Å². The molecule has 6 heteroatoms. The third-order valence-corrected chi connectivity index (χ3v) is 7.12. The van der Waals surface area contributed by atoms with Crippen LogP contribution >= 0.6 is 39.9 Å². The molecule has 0 unspecified atom stereocenters. The fourth-order valence-electron chi connectivity index (χ4n) is 3.64. The first-order valence-corrected chi connectivity index (χ1v) is 12.3. The number of hydrogen-bond acceptors (Lipinski definition) is 4. The van der Waals surface area contributed by atoms with E-state index in [1.165, 1.54) is 22.5 Å². The van der Waals surface area contributed by atoms with Crippen LogP contribution in [0.25, 0.3) is 16.8 Å². The zero-order valence-electron chi connectivity index (χ0n) is 17.4. The molecule has 0 bridgehead atoms. The molecule has 1 heterocycles. The summed E-state index contributed by atoms with van der Waals surface area (Å²) in [6.07, 6.45) is 1.86. The van der Waals surface area contributed by atoms with Crippen molar-refractivity contribution in [1.29, 1.82) is 0 Å². The minimum atomic E-state index is -0.128. The van der Waals surface area contributed by atoms with Crippen LogP contribution in [0.3, 0.4) is 0 Å². The third kappa shape index (κ3) is 4.74. The first kappa shape index (κ1) is 21.9. The highest BCUT2D eigenvalue weighted by molar-refractivity contribution is 9.10. The Labute approximate surface area is 210 Å². The maximum absolute atomic E-state index is 13.1. The molecule has 0 radical (unpaired) electrons. The Bertz CT molecular complexity index is 1400. The normalized spacial score (nSPS) is 14.9. The Morgan fingerprint density at radius 1 is 0.909 bits per heavy atom. The van der Waals surface area contributed by atoms with Gasteiger partial charge >= 0.3 is 0 Å². The van der Waals surface area contributed by atoms with Gasteiger partial charge in [0.25, 0.3) is 5.91 Å². The summed E-state index contributed by atoms with van der Waals surface area (Å²) in [6.45, 7) is 0.440. The van der Waals surface area contributed by atoms with E-state index in [4.69, 9.17) is 17.0 Å². The lowest BCUT2D eigenvalue weighted by molar-refractivity contribution is -0.113. The minimum Gasteiger partial charge on any atom is -0.488 e. The van der Waals surface area contributed by atoms with E-state index in [2.05, 4.69) is 46.3 Å². The molecule has 1 fully saturated rings. The molecule has 3 nitrogen and oxygen atoms in total. The molecule has 0 saturated carbocycles. The minimum absolute atomic E-state index is 0.128. The lowest BCUT2D eigenvalue weighted by atomic mass is 10.1. The molecule has 0 aliphatic carbocycles. The Balaban J connectivity index is 1.37. The fraction of sp³-hybridized carbons (Fsp3) is 0.0370. The number of para-hydroxylation sites is 1. The number of benzene rings is 4. The predicted molar refractivity (Wildman–Crippen MR) is 145 cm³/mol. The highest BCUT2D eigenvalue weighted by Gasteiger charge is 2.33. The highest BCUT2D eigenvalue weighted by Crippen LogP contribution is 2.37. The van der Waals surface area contributed by atoms with Crippen molar-refractivity contribution in [3.05, 3.63) is 112 Å². The van der Waals surface area contributed by atoms with Crippen molar-refractivity contribution < 1.29 is 9.53 Å². The van der Waals surface area contributed by atoms with E-state index in [1.807, 2.05) is 66.7 Å². The van der Waals surface area contributed by atoms with Crippen molar-refractivity contribution in [2.24, 2.45) is 0 Å². The molecule has 5 rings (SSSR count). The number of carbonyl (C=O) groups is 1. The summed E-state index contributed by atoms with van der Waals surface area (Å²) >= 11 is 10.2. The number of carbonyl (C=O) groups excluding carboxylic acids is 1. The van der Waals surface area contributed by atoms with Crippen molar-refractivity contribution >= 4 is 72.7 Å². The van der Waals surface area contributed by atoms with Gasteiger partial charge < -0.3 is 4.74 Å². The van der Waals surface area contributed by atoms with Gasteiger partial charge in [0.2, 0.25) is 0 Å². The predicted octanol–water partition coefficient (Wildman–Crippen LogP) is 7.59. The Kier molecular flexibility index (Phi) is 6.31. The van der Waals surface area contributed by atoms with Crippen molar-refractivity contribution in [2.75, 3.05) is 4.90 Å². The van der Waals surface area contributed by atoms with Gasteiger partial charge in [-0.25, -0.2) is 0 Å². The van der Waals surface area contributed by atoms with Gasteiger partial charge in [0, 0.05) is 10.0 Å². The van der Waals surface area contributed by atoms with Crippen molar-refractivity contribution in [3.63, 3.8) is 0 Å². The zero-order chi connectivity index (χ0) is 22.8. The Morgan fingerprint density at radius 3 is 2.45 bits per heavy atom. The summed E-state index contributed by atoms with van der Waals surface area (Å²) in [7, 11) is 0. The number of thioether (sulfide) groups is 1. The van der Waals surface area contributed by atoms with Crippen LogP contribution in [0.4, 0.5) is 5.69 Å². The molecule has 1 aliphatic rings. The first-order valence-electron chi connectivity index (χ1n) is 10.3. The molecule has 4 aromatic carbocycles. The van der Waals surface area contributed by atoms with Gasteiger partial charge in [-0.15, -0.1) is 0 Å². The second kappa shape index (κ2) is 9.51. The lowest BCUT2D eigenvalue weighted by Gasteiger charge is -2.14. The molecule has 1 amide bonds. The van der Waals surface area contributed by atoms with E-state index in [-0.39, 0.29) is 5.91 Å². The van der Waals surface area contributed by atoms with Gasteiger partial charge in [-0.05, 0) is 58.8 Å². The number of amides is 1. The summed E-state index contributed by atoms with van der Waals surface area (Å²) < 4.78 is 7.62. The molecule has 1 saturated heterocycles. The van der Waals surface area contributed by atoms with Crippen molar-refractivity contribution in [2.45, 2.75) is 6.61 Å². The maximum Gasteiger partial charge on any atom is 0.270 e. The topological polar surface area (TPSA) is 29.5 Å². The van der Waals surface area contributed by atoms with Crippen LogP contribution in [0, 0.1) is 0 Å². The quantitative estimate of drug-likeness (QED) is 0.196. The molecule has 162 valence electrons. The number of hydrogen-bond donors (Lipinski definition) is 0. The summed E-state index contributed by atoms with van der Waals surface area (Å²) in [5, 5.41) is 2.39. The van der Waals surface area contributed by atoms with Crippen molar-refractivity contribution in [3.8, 4) is 5.75 Å². The van der Waals surface area contributed by atoms with Gasteiger partial charge in [-0.2, -0.15) is 0 Å². The van der Waals surface area contributed by atoms with Crippen LogP contribution in [0.2, 0.25) is 0 Å². The monoisotopic (exact) mass is 531 g/mol. The average molecular weight is 532 g/mol. The van der Waals surface area contributed by atoms with Gasteiger partial charge in [-0.1, -0.05) is 94.5 Å². The summed E-state index contributed by atoms with van der Waals surface area (Å²) in [6, 6.07) is 29.9. The third-order valence-electron chi connectivity index (χ3n) is 5.29. The Hall–Kier alpha value is -2.93. The number of nitrogens with zero attached hydrogens (tertiary/aromatic N) is 1. The molecular weight excluding hydrogens is 514 g/mol. The number of rotatable bonds is 5. The van der Waals surface area contributed by atoms with E-state index in [0.717, 1.165) is 27.0 Å². The number of anilines is 1. The average Bonchev–Trinajstić information content (AvgIpc) is 3.11. The zero-order valence-corrected chi connectivity index (χ0v) is 20.6. The smallest absolute Gasteiger partial charge is 0.270 e. The largest absolute Gasteiger partial charge is 0.488 e.